The maximum absolute atomic E-state index is 11.4. The van der Waals surface area contributed by atoms with Gasteiger partial charge in [0, 0.05) is 0 Å². The van der Waals surface area contributed by atoms with E-state index < -0.39 is 20.8 Å². The smallest absolute Gasteiger partial charge is 0.279 e. The number of fused-ring (bicyclic) bond motifs is 1. The number of nitrogens with two attached hydrogens (primary N) is 1. The number of carbonyl (C=O) groups is 1. The molecular weight excluding hydrogens is 252 g/mol. The van der Waals surface area contributed by atoms with Crippen LogP contribution in [0, 0.1) is 0 Å². The van der Waals surface area contributed by atoms with Crippen LogP contribution in [0.25, 0.3) is 0 Å². The van der Waals surface area contributed by atoms with E-state index in [9.17, 15) is 13.2 Å². The Morgan fingerprint density at radius 3 is 2.71 bits per heavy atom. The van der Waals surface area contributed by atoms with Gasteiger partial charge in [0.15, 0.2) is 11.5 Å². The van der Waals surface area contributed by atoms with E-state index in [1.807, 2.05) is 0 Å². The van der Waals surface area contributed by atoms with Crippen LogP contribution in [0.15, 0.2) is 17.0 Å². The third-order valence-corrected chi connectivity index (χ3v) is 3.09. The number of ether oxygens (including phenoxy) is 2. The molecule has 2 rings (SSSR count). The number of hydroxylamine groups is 1. The van der Waals surface area contributed by atoms with Crippen LogP contribution in [-0.4, -0.2) is 26.3 Å². The first-order chi connectivity index (χ1) is 7.95. The van der Waals surface area contributed by atoms with Gasteiger partial charge in [-0.25, -0.2) is 19.0 Å². The molecule has 9 heteroatoms. The molecule has 17 heavy (non-hydrogen) atoms. The van der Waals surface area contributed by atoms with Crippen molar-refractivity contribution in [3.8, 4) is 11.5 Å². The van der Waals surface area contributed by atoms with Crippen LogP contribution in [-0.2, 0) is 10.0 Å². The third kappa shape index (κ3) is 1.90. The molecule has 0 radical (unpaired) electrons. The maximum atomic E-state index is 11.4. The molecule has 1 aromatic rings. The Kier molecular flexibility index (Phi) is 2.65. The van der Waals surface area contributed by atoms with Crippen molar-refractivity contribution in [2.45, 2.75) is 4.90 Å². The Labute approximate surface area is 95.9 Å². The number of hydrogen-bond donors (Lipinski definition) is 3. The molecule has 92 valence electrons. The minimum absolute atomic E-state index is 0.0666. The van der Waals surface area contributed by atoms with Crippen molar-refractivity contribution >= 4 is 15.9 Å². The molecular formula is C8H8N2O6S. The van der Waals surface area contributed by atoms with E-state index >= 15 is 0 Å². The van der Waals surface area contributed by atoms with Crippen LogP contribution in [0.3, 0.4) is 0 Å². The zero-order valence-electron chi connectivity index (χ0n) is 8.34. The quantitative estimate of drug-likeness (QED) is 0.471. The molecule has 4 N–H and O–H groups in total. The van der Waals surface area contributed by atoms with Crippen molar-refractivity contribution in [2.24, 2.45) is 5.14 Å². The molecule has 1 aliphatic heterocycles. The molecule has 0 bridgehead atoms. The molecule has 1 aromatic carbocycles. The maximum Gasteiger partial charge on any atom is 0.279 e. The summed E-state index contributed by atoms with van der Waals surface area (Å²) in [7, 11) is -4.12. The van der Waals surface area contributed by atoms with Crippen LogP contribution in [0.5, 0.6) is 11.5 Å². The number of nitrogens with one attached hydrogen (secondary N) is 1. The lowest BCUT2D eigenvalue weighted by Crippen LogP contribution is -2.24. The van der Waals surface area contributed by atoms with Gasteiger partial charge < -0.3 is 9.47 Å². The van der Waals surface area contributed by atoms with Crippen LogP contribution in [0.2, 0.25) is 0 Å². The average molecular weight is 260 g/mol. The van der Waals surface area contributed by atoms with Crippen LogP contribution >= 0.6 is 0 Å². The first kappa shape index (κ1) is 11.6. The molecule has 0 aliphatic carbocycles. The summed E-state index contributed by atoms with van der Waals surface area (Å²) in [5, 5.41) is 13.5. The van der Waals surface area contributed by atoms with Gasteiger partial charge in [-0.15, -0.1) is 0 Å². The molecule has 1 heterocycles. The van der Waals surface area contributed by atoms with E-state index in [1.54, 1.807) is 0 Å². The van der Waals surface area contributed by atoms with Crippen LogP contribution in [0.1, 0.15) is 10.4 Å². The van der Waals surface area contributed by atoms with Crippen molar-refractivity contribution < 1.29 is 27.9 Å². The van der Waals surface area contributed by atoms with Crippen molar-refractivity contribution in [1.82, 2.24) is 5.48 Å². The lowest BCUT2D eigenvalue weighted by atomic mass is 10.2. The molecule has 0 aromatic heterocycles. The van der Waals surface area contributed by atoms with Gasteiger partial charge >= 0.3 is 0 Å². The number of benzene rings is 1. The minimum atomic E-state index is -4.12. The molecule has 0 unspecified atom stereocenters. The highest BCUT2D eigenvalue weighted by molar-refractivity contribution is 7.89. The van der Waals surface area contributed by atoms with E-state index in [2.05, 4.69) is 0 Å². The van der Waals surface area contributed by atoms with Crippen molar-refractivity contribution in [2.75, 3.05) is 6.79 Å². The van der Waals surface area contributed by atoms with Crippen molar-refractivity contribution in [1.29, 1.82) is 0 Å². The molecule has 0 fully saturated rings. The van der Waals surface area contributed by atoms with E-state index in [-0.39, 0.29) is 23.9 Å². The fourth-order valence-corrected chi connectivity index (χ4v) is 2.19. The second-order valence-electron chi connectivity index (χ2n) is 3.16. The fourth-order valence-electron chi connectivity index (χ4n) is 1.46. The normalized spacial score (nSPS) is 13.5. The number of hydrogen-bond acceptors (Lipinski definition) is 6. The minimum Gasteiger partial charge on any atom is -0.454 e. The highest BCUT2D eigenvalue weighted by Crippen LogP contribution is 2.38. The lowest BCUT2D eigenvalue weighted by Gasteiger charge is -2.08. The van der Waals surface area contributed by atoms with Crippen molar-refractivity contribution in [3.63, 3.8) is 0 Å². The number of sulfonamides is 1. The Morgan fingerprint density at radius 1 is 1.41 bits per heavy atom. The number of rotatable bonds is 2. The summed E-state index contributed by atoms with van der Waals surface area (Å²) in [4.78, 5) is 11.0. The Hall–Kier alpha value is -1.84. The van der Waals surface area contributed by atoms with Crippen molar-refractivity contribution in [3.05, 3.63) is 17.7 Å². The average Bonchev–Trinajstić information content (AvgIpc) is 2.73. The highest BCUT2D eigenvalue weighted by Gasteiger charge is 2.29. The first-order valence-electron chi connectivity index (χ1n) is 4.35. The second-order valence-corrected chi connectivity index (χ2v) is 4.69. The van der Waals surface area contributed by atoms with Gasteiger partial charge in [0.25, 0.3) is 5.91 Å². The Morgan fingerprint density at radius 2 is 2.12 bits per heavy atom. The fraction of sp³-hybridized carbons (Fsp3) is 0.125. The molecule has 0 saturated carbocycles. The standard InChI is InChI=1S/C8H8N2O6S/c9-17(13,14)5-2-1-4-7(16-3-15-4)6(5)8(11)10-12/h1-2,12H,3H2,(H,10,11)(H2,9,13,14). The topological polar surface area (TPSA) is 128 Å². The predicted octanol–water partition coefficient (Wildman–Crippen LogP) is -0.818. The van der Waals surface area contributed by atoms with E-state index in [0.717, 1.165) is 6.07 Å². The Balaban J connectivity index is 2.74. The van der Waals surface area contributed by atoms with Gasteiger partial charge in [0.2, 0.25) is 16.8 Å². The number of carbonyl (C=O) groups excluding carboxylic acids is 1. The molecule has 0 saturated heterocycles. The van der Waals surface area contributed by atoms with Crippen LogP contribution in [0.4, 0.5) is 0 Å². The van der Waals surface area contributed by atoms with Gasteiger partial charge in [0.05, 0.1) is 4.90 Å². The zero-order chi connectivity index (χ0) is 12.6. The summed E-state index contributed by atoms with van der Waals surface area (Å²) in [5.74, 6) is -0.907. The molecule has 0 spiro atoms. The SMILES string of the molecule is NS(=O)(=O)c1ccc2c(c1C(=O)NO)OCO2. The van der Waals surface area contributed by atoms with Gasteiger partial charge in [-0.2, -0.15) is 0 Å². The van der Waals surface area contributed by atoms with Gasteiger partial charge in [0.1, 0.15) is 5.56 Å². The lowest BCUT2D eigenvalue weighted by molar-refractivity contribution is 0.0698. The summed E-state index contributed by atoms with van der Waals surface area (Å²) in [6.07, 6.45) is 0. The van der Waals surface area contributed by atoms with Gasteiger partial charge in [-0.05, 0) is 12.1 Å². The Bertz CT molecular complexity index is 582. The zero-order valence-corrected chi connectivity index (χ0v) is 9.15. The highest BCUT2D eigenvalue weighted by atomic mass is 32.2. The largest absolute Gasteiger partial charge is 0.454 e. The van der Waals surface area contributed by atoms with Gasteiger partial charge in [-0.1, -0.05) is 0 Å². The summed E-state index contributed by atoms with van der Waals surface area (Å²) in [5.41, 5.74) is 0.945. The second kappa shape index (κ2) is 3.87. The third-order valence-electron chi connectivity index (χ3n) is 2.14. The molecule has 0 atom stereocenters. The first-order valence-corrected chi connectivity index (χ1v) is 5.89. The molecule has 1 amide bonds. The van der Waals surface area contributed by atoms with E-state index in [1.165, 1.54) is 11.5 Å². The van der Waals surface area contributed by atoms with Crippen LogP contribution < -0.4 is 20.1 Å². The summed E-state index contributed by atoms with van der Waals surface area (Å²) >= 11 is 0. The van der Waals surface area contributed by atoms with Gasteiger partial charge in [-0.3, -0.25) is 10.0 Å². The molecule has 1 aliphatic rings. The van der Waals surface area contributed by atoms with E-state index in [0.29, 0.717) is 0 Å². The summed E-state index contributed by atoms with van der Waals surface area (Å²) < 4.78 is 32.5. The monoisotopic (exact) mass is 260 g/mol. The number of primary sulfonamides is 1. The molecule has 8 nitrogen and oxygen atoms in total. The van der Waals surface area contributed by atoms with E-state index in [4.69, 9.17) is 19.8 Å². The number of amides is 1. The summed E-state index contributed by atoms with van der Waals surface area (Å²) in [6.45, 7) is -0.144. The summed E-state index contributed by atoms with van der Waals surface area (Å²) in [6, 6.07) is 2.42. The predicted molar refractivity (Wildman–Crippen MR) is 53.2 cm³/mol.